The van der Waals surface area contributed by atoms with Gasteiger partial charge in [0.1, 0.15) is 12.2 Å². The minimum atomic E-state index is -0.741. The Morgan fingerprint density at radius 1 is 0.926 bits per heavy atom. The molecule has 7 heteroatoms. The zero-order chi connectivity index (χ0) is 19.1. The molecule has 1 fully saturated rings. The van der Waals surface area contributed by atoms with E-state index in [-0.39, 0.29) is 6.54 Å². The van der Waals surface area contributed by atoms with Gasteiger partial charge >= 0.3 is 0 Å². The first-order chi connectivity index (χ1) is 13.2. The normalized spacial score (nSPS) is 24.8. The van der Waals surface area contributed by atoms with Gasteiger partial charge in [-0.15, -0.1) is 0 Å². The van der Waals surface area contributed by atoms with Crippen molar-refractivity contribution in [2.24, 2.45) is 0 Å². The predicted octanol–water partition coefficient (Wildman–Crippen LogP) is 2.81. The fourth-order valence-electron chi connectivity index (χ4n) is 3.09. The van der Waals surface area contributed by atoms with Crippen molar-refractivity contribution in [2.45, 2.75) is 37.8 Å². The van der Waals surface area contributed by atoms with E-state index in [0.29, 0.717) is 13.2 Å². The second-order valence-electron chi connectivity index (χ2n) is 6.32. The van der Waals surface area contributed by atoms with Gasteiger partial charge in [0.15, 0.2) is 12.4 Å². The number of benzene rings is 2. The highest BCUT2D eigenvalue weighted by molar-refractivity contribution is 5.14. The van der Waals surface area contributed by atoms with Crippen LogP contribution in [0.4, 0.5) is 0 Å². The summed E-state index contributed by atoms with van der Waals surface area (Å²) in [4.78, 5) is 10.6. The topological polar surface area (TPSA) is 80.1 Å². The molecule has 1 saturated heterocycles. The molecule has 0 unspecified atom stereocenters. The zero-order valence-corrected chi connectivity index (χ0v) is 15.1. The Labute approximate surface area is 158 Å². The summed E-state index contributed by atoms with van der Waals surface area (Å²) in [5.41, 5.74) is 1.96. The first kappa shape index (κ1) is 19.4. The van der Waals surface area contributed by atoms with E-state index in [9.17, 15) is 10.1 Å². The minimum Gasteiger partial charge on any atom is -0.368 e. The van der Waals surface area contributed by atoms with E-state index in [4.69, 9.17) is 18.9 Å². The molecule has 2 aromatic carbocycles. The highest BCUT2D eigenvalue weighted by atomic mass is 16.7. The van der Waals surface area contributed by atoms with E-state index in [1.165, 1.54) is 7.11 Å². The predicted molar refractivity (Wildman–Crippen MR) is 97.6 cm³/mol. The van der Waals surface area contributed by atoms with Gasteiger partial charge in [0.2, 0.25) is 6.54 Å². The van der Waals surface area contributed by atoms with Crippen molar-refractivity contribution in [1.29, 1.82) is 0 Å². The molecule has 0 spiro atoms. The van der Waals surface area contributed by atoms with Crippen LogP contribution in [0.1, 0.15) is 11.1 Å². The molecule has 3 rings (SSSR count). The van der Waals surface area contributed by atoms with E-state index in [0.717, 1.165) is 11.1 Å². The van der Waals surface area contributed by atoms with Crippen molar-refractivity contribution < 1.29 is 23.9 Å². The Kier molecular flexibility index (Phi) is 6.89. The molecule has 0 aliphatic carbocycles. The van der Waals surface area contributed by atoms with Crippen molar-refractivity contribution in [3.8, 4) is 0 Å². The fourth-order valence-corrected chi connectivity index (χ4v) is 3.09. The van der Waals surface area contributed by atoms with Crippen LogP contribution in [0.5, 0.6) is 0 Å². The SMILES string of the molecule is CO[C@H]1O[C@H](C[N+](=O)[O-])[C@@H](OCc2ccccc2)[C@@H]1OCc1ccccc1. The average Bonchev–Trinajstić information content (AvgIpc) is 3.02. The highest BCUT2D eigenvalue weighted by Crippen LogP contribution is 2.29. The van der Waals surface area contributed by atoms with Crippen LogP contribution in [0, 0.1) is 10.1 Å². The van der Waals surface area contributed by atoms with E-state index in [2.05, 4.69) is 0 Å². The molecule has 2 aromatic rings. The third kappa shape index (κ3) is 5.33. The van der Waals surface area contributed by atoms with Gasteiger partial charge in [-0.05, 0) is 11.1 Å². The second kappa shape index (κ2) is 9.57. The van der Waals surface area contributed by atoms with Gasteiger partial charge in [0, 0.05) is 12.0 Å². The van der Waals surface area contributed by atoms with Gasteiger partial charge in [0.05, 0.1) is 13.2 Å². The quantitative estimate of drug-likeness (QED) is 0.497. The van der Waals surface area contributed by atoms with E-state index < -0.39 is 29.5 Å². The summed E-state index contributed by atoms with van der Waals surface area (Å²) in [6.45, 7) is 0.278. The minimum absolute atomic E-state index is 0.310. The Morgan fingerprint density at radius 3 is 1.93 bits per heavy atom. The standard InChI is InChI=1S/C20H23NO6/c1-24-20-19(26-14-16-10-6-3-7-11-16)18(17(27-20)12-21(22)23)25-13-15-8-4-2-5-9-15/h2-11,17-20H,12-14H2,1H3/t17-,18-,19+,20+/m1/s1. The molecule has 0 saturated carbocycles. The molecular formula is C20H23NO6. The lowest BCUT2D eigenvalue weighted by molar-refractivity contribution is -0.493. The summed E-state index contributed by atoms with van der Waals surface area (Å²) in [5, 5.41) is 11.0. The van der Waals surface area contributed by atoms with Crippen LogP contribution in [0.15, 0.2) is 60.7 Å². The molecule has 1 aliphatic rings. The Hall–Kier alpha value is -2.32. The van der Waals surface area contributed by atoms with E-state index >= 15 is 0 Å². The van der Waals surface area contributed by atoms with Gasteiger partial charge in [-0.1, -0.05) is 60.7 Å². The lowest BCUT2D eigenvalue weighted by Crippen LogP contribution is -2.40. The van der Waals surface area contributed by atoms with Crippen LogP contribution in [-0.2, 0) is 32.2 Å². The number of hydrogen-bond donors (Lipinski definition) is 0. The Bertz CT molecular complexity index is 711. The van der Waals surface area contributed by atoms with E-state index in [1.807, 2.05) is 60.7 Å². The maximum Gasteiger partial charge on any atom is 0.232 e. The zero-order valence-electron chi connectivity index (χ0n) is 15.1. The van der Waals surface area contributed by atoms with Crippen molar-refractivity contribution in [1.82, 2.24) is 0 Å². The Morgan fingerprint density at radius 2 is 1.44 bits per heavy atom. The molecule has 1 aliphatic heterocycles. The van der Waals surface area contributed by atoms with Crippen LogP contribution >= 0.6 is 0 Å². The first-order valence-electron chi connectivity index (χ1n) is 8.78. The summed E-state index contributed by atoms with van der Waals surface area (Å²) in [5.74, 6) is 0. The van der Waals surface area contributed by atoms with Gasteiger partial charge in [0.25, 0.3) is 0 Å². The summed E-state index contributed by atoms with van der Waals surface area (Å²) in [6.07, 6.45) is -2.64. The largest absolute Gasteiger partial charge is 0.368 e. The molecule has 0 aromatic heterocycles. The fraction of sp³-hybridized carbons (Fsp3) is 0.400. The molecule has 144 valence electrons. The highest BCUT2D eigenvalue weighted by Gasteiger charge is 2.48. The third-order valence-electron chi connectivity index (χ3n) is 4.40. The molecule has 27 heavy (non-hydrogen) atoms. The van der Waals surface area contributed by atoms with Gasteiger partial charge in [-0.25, -0.2) is 0 Å². The van der Waals surface area contributed by atoms with Gasteiger partial charge < -0.3 is 18.9 Å². The molecule has 0 N–H and O–H groups in total. The maximum absolute atomic E-state index is 11.0. The van der Waals surface area contributed by atoms with Crippen molar-refractivity contribution >= 4 is 0 Å². The van der Waals surface area contributed by atoms with Crippen LogP contribution < -0.4 is 0 Å². The smallest absolute Gasteiger partial charge is 0.232 e. The summed E-state index contributed by atoms with van der Waals surface area (Å²) in [7, 11) is 1.49. The van der Waals surface area contributed by atoms with Crippen LogP contribution in [-0.4, -0.2) is 43.2 Å². The Balaban J connectivity index is 1.71. The number of methoxy groups -OCH3 is 1. The third-order valence-corrected chi connectivity index (χ3v) is 4.40. The lowest BCUT2D eigenvalue weighted by Gasteiger charge is -2.23. The molecule has 0 radical (unpaired) electrons. The van der Waals surface area contributed by atoms with E-state index in [1.54, 1.807) is 0 Å². The maximum atomic E-state index is 11.0. The van der Waals surface area contributed by atoms with Crippen LogP contribution in [0.25, 0.3) is 0 Å². The summed E-state index contributed by atoms with van der Waals surface area (Å²) in [6, 6.07) is 19.3. The monoisotopic (exact) mass is 373 g/mol. The molecule has 1 heterocycles. The number of hydrogen-bond acceptors (Lipinski definition) is 6. The second-order valence-corrected chi connectivity index (χ2v) is 6.32. The van der Waals surface area contributed by atoms with Crippen molar-refractivity contribution in [3.63, 3.8) is 0 Å². The number of rotatable bonds is 9. The summed E-state index contributed by atoms with van der Waals surface area (Å²) >= 11 is 0. The van der Waals surface area contributed by atoms with Gasteiger partial charge in [-0.2, -0.15) is 0 Å². The molecule has 0 amide bonds. The van der Waals surface area contributed by atoms with Crippen LogP contribution in [0.3, 0.4) is 0 Å². The number of nitro groups is 1. The molecular weight excluding hydrogens is 350 g/mol. The van der Waals surface area contributed by atoms with Crippen molar-refractivity contribution in [3.05, 3.63) is 81.9 Å². The number of ether oxygens (including phenoxy) is 4. The van der Waals surface area contributed by atoms with Crippen LogP contribution in [0.2, 0.25) is 0 Å². The summed E-state index contributed by atoms with van der Waals surface area (Å²) < 4.78 is 23.1. The average molecular weight is 373 g/mol. The molecule has 7 nitrogen and oxygen atoms in total. The molecule has 0 bridgehead atoms. The first-order valence-corrected chi connectivity index (χ1v) is 8.78. The molecule has 4 atom stereocenters. The van der Waals surface area contributed by atoms with Crippen molar-refractivity contribution in [2.75, 3.05) is 13.7 Å². The number of nitrogens with zero attached hydrogens (tertiary/aromatic N) is 1. The van der Waals surface area contributed by atoms with Gasteiger partial charge in [-0.3, -0.25) is 10.1 Å². The lowest BCUT2D eigenvalue weighted by atomic mass is 10.1.